The van der Waals surface area contributed by atoms with E-state index in [1.54, 1.807) is 12.1 Å². The number of hydrogen-bond acceptors (Lipinski definition) is 5. The van der Waals surface area contributed by atoms with Crippen LogP contribution in [0, 0.1) is 0 Å². The fourth-order valence-electron chi connectivity index (χ4n) is 2.32. The Morgan fingerprint density at radius 1 is 1.18 bits per heavy atom. The van der Waals surface area contributed by atoms with Gasteiger partial charge in [0.1, 0.15) is 16.9 Å². The van der Waals surface area contributed by atoms with E-state index in [1.165, 1.54) is 0 Å². The van der Waals surface area contributed by atoms with Gasteiger partial charge < -0.3 is 15.5 Å². The Kier molecular flexibility index (Phi) is 2.55. The Hall–Kier alpha value is -3.42. The molecule has 0 saturated carbocycles. The molecule has 2 aromatic carbocycles. The molecule has 0 aliphatic rings. The van der Waals surface area contributed by atoms with Gasteiger partial charge in [0.2, 0.25) is 0 Å². The normalized spacial score (nSPS) is 11.1. The smallest absolute Gasteiger partial charge is 0.408 e. The number of amides is 1. The first kappa shape index (κ1) is 12.3. The number of benzene rings is 2. The molecule has 0 atom stereocenters. The number of nitrogens with two attached hydrogens (primary N) is 1. The molecule has 0 fully saturated rings. The number of ether oxygens (including phenoxy) is 1. The first-order chi connectivity index (χ1) is 10.7. The maximum Gasteiger partial charge on any atom is 0.410 e. The number of hydrogen-bond donors (Lipinski definition) is 3. The third-order valence-corrected chi connectivity index (χ3v) is 3.29. The summed E-state index contributed by atoms with van der Waals surface area (Å²) in [6.45, 7) is 0. The van der Waals surface area contributed by atoms with Gasteiger partial charge in [-0.3, -0.25) is 5.10 Å². The van der Waals surface area contributed by atoms with Crippen molar-refractivity contribution in [1.82, 2.24) is 25.4 Å². The molecule has 4 N–H and O–H groups in total. The Balaban J connectivity index is 1.86. The minimum absolute atomic E-state index is 0.315. The van der Waals surface area contributed by atoms with Crippen molar-refractivity contribution in [2.24, 2.45) is 5.73 Å². The summed E-state index contributed by atoms with van der Waals surface area (Å²) in [6.07, 6.45) is -0.874. The predicted molar refractivity (Wildman–Crippen MR) is 79.2 cm³/mol. The quantitative estimate of drug-likeness (QED) is 0.521. The van der Waals surface area contributed by atoms with Crippen LogP contribution < -0.4 is 10.5 Å². The molecule has 0 unspecified atom stereocenters. The molecule has 0 saturated heterocycles. The molecular weight excluding hydrogens is 284 g/mol. The van der Waals surface area contributed by atoms with Gasteiger partial charge in [0.05, 0.1) is 11.0 Å². The highest BCUT2D eigenvalue weighted by Gasteiger charge is 2.12. The van der Waals surface area contributed by atoms with Crippen molar-refractivity contribution in [2.75, 3.05) is 0 Å². The molecule has 2 heterocycles. The standard InChI is InChI=1S/C14H10N6O2/c15-14(21)22-11-3-1-2-9-12(11)17-13(16-9)7-4-5-8-10(6-7)19-20-18-8/h1-6H,(H2,15,21)(H,16,17)(H,18,19,20). The number of aromatic amines is 2. The van der Waals surface area contributed by atoms with E-state index in [2.05, 4.69) is 25.4 Å². The van der Waals surface area contributed by atoms with Gasteiger partial charge in [-0.1, -0.05) is 11.3 Å². The van der Waals surface area contributed by atoms with Crippen LogP contribution >= 0.6 is 0 Å². The summed E-state index contributed by atoms with van der Waals surface area (Å²) in [7, 11) is 0. The Morgan fingerprint density at radius 2 is 2.09 bits per heavy atom. The van der Waals surface area contributed by atoms with E-state index in [0.717, 1.165) is 22.1 Å². The number of aromatic nitrogens is 5. The van der Waals surface area contributed by atoms with Crippen LogP contribution in [-0.2, 0) is 0 Å². The molecule has 22 heavy (non-hydrogen) atoms. The molecule has 0 bridgehead atoms. The lowest BCUT2D eigenvalue weighted by atomic mass is 10.2. The number of imidazole rings is 1. The highest BCUT2D eigenvalue weighted by molar-refractivity contribution is 5.88. The minimum Gasteiger partial charge on any atom is -0.408 e. The van der Waals surface area contributed by atoms with Crippen LogP contribution in [0.2, 0.25) is 0 Å². The van der Waals surface area contributed by atoms with Crippen molar-refractivity contribution in [1.29, 1.82) is 0 Å². The van der Waals surface area contributed by atoms with Crippen molar-refractivity contribution in [3.8, 4) is 17.1 Å². The van der Waals surface area contributed by atoms with Crippen LogP contribution in [0.4, 0.5) is 4.79 Å². The molecular formula is C14H10N6O2. The number of nitrogens with one attached hydrogen (secondary N) is 2. The van der Waals surface area contributed by atoms with E-state index in [-0.39, 0.29) is 0 Å². The number of para-hydroxylation sites is 1. The average molecular weight is 294 g/mol. The Bertz CT molecular complexity index is 1000. The number of rotatable bonds is 2. The molecule has 4 aromatic rings. The van der Waals surface area contributed by atoms with Crippen LogP contribution in [0.3, 0.4) is 0 Å². The first-order valence-corrected chi connectivity index (χ1v) is 6.48. The monoisotopic (exact) mass is 294 g/mol. The summed E-state index contributed by atoms with van der Waals surface area (Å²) >= 11 is 0. The Morgan fingerprint density at radius 3 is 2.95 bits per heavy atom. The predicted octanol–water partition coefficient (Wildman–Crippen LogP) is 1.96. The van der Waals surface area contributed by atoms with Gasteiger partial charge in [0.15, 0.2) is 5.75 Å². The van der Waals surface area contributed by atoms with Gasteiger partial charge >= 0.3 is 6.09 Å². The molecule has 0 aliphatic heterocycles. The molecule has 0 radical (unpaired) electrons. The second kappa shape index (κ2) is 4.55. The Labute approximate surface area is 123 Å². The maximum absolute atomic E-state index is 10.9. The lowest BCUT2D eigenvalue weighted by Crippen LogP contribution is -2.16. The van der Waals surface area contributed by atoms with Crippen molar-refractivity contribution in [3.05, 3.63) is 36.4 Å². The van der Waals surface area contributed by atoms with Gasteiger partial charge in [0, 0.05) is 5.56 Å². The molecule has 4 rings (SSSR count). The van der Waals surface area contributed by atoms with E-state index in [0.29, 0.717) is 17.1 Å². The van der Waals surface area contributed by atoms with E-state index in [4.69, 9.17) is 10.5 Å². The van der Waals surface area contributed by atoms with Gasteiger partial charge in [-0.2, -0.15) is 0 Å². The zero-order chi connectivity index (χ0) is 15.1. The average Bonchev–Trinajstić information content (AvgIpc) is 3.12. The van der Waals surface area contributed by atoms with Crippen LogP contribution in [-0.4, -0.2) is 31.5 Å². The van der Waals surface area contributed by atoms with Crippen LogP contribution in [0.25, 0.3) is 33.5 Å². The van der Waals surface area contributed by atoms with Crippen molar-refractivity contribution >= 4 is 28.2 Å². The van der Waals surface area contributed by atoms with Crippen molar-refractivity contribution in [2.45, 2.75) is 0 Å². The van der Waals surface area contributed by atoms with E-state index < -0.39 is 6.09 Å². The number of nitrogens with zero attached hydrogens (tertiary/aromatic N) is 3. The summed E-state index contributed by atoms with van der Waals surface area (Å²) < 4.78 is 4.96. The lowest BCUT2D eigenvalue weighted by Gasteiger charge is -1.99. The molecule has 8 nitrogen and oxygen atoms in total. The van der Waals surface area contributed by atoms with Gasteiger partial charge in [0.25, 0.3) is 0 Å². The fraction of sp³-hybridized carbons (Fsp3) is 0. The van der Waals surface area contributed by atoms with E-state index >= 15 is 0 Å². The maximum atomic E-state index is 10.9. The largest absolute Gasteiger partial charge is 0.410 e. The number of carbonyl (C=O) groups is 1. The summed E-state index contributed by atoms with van der Waals surface area (Å²) in [6, 6.07) is 10.9. The van der Waals surface area contributed by atoms with Crippen LogP contribution in [0.1, 0.15) is 0 Å². The summed E-state index contributed by atoms with van der Waals surface area (Å²) in [5.41, 5.74) is 8.79. The van der Waals surface area contributed by atoms with Gasteiger partial charge in [-0.15, -0.1) is 5.10 Å². The molecule has 0 spiro atoms. The van der Waals surface area contributed by atoms with E-state index in [1.807, 2.05) is 24.3 Å². The molecule has 1 amide bonds. The highest BCUT2D eigenvalue weighted by atomic mass is 16.5. The van der Waals surface area contributed by atoms with Crippen molar-refractivity contribution < 1.29 is 9.53 Å². The molecule has 108 valence electrons. The third kappa shape index (κ3) is 1.94. The number of fused-ring (bicyclic) bond motifs is 2. The topological polar surface area (TPSA) is 123 Å². The third-order valence-electron chi connectivity index (χ3n) is 3.29. The molecule has 2 aromatic heterocycles. The van der Waals surface area contributed by atoms with Crippen LogP contribution in [0.15, 0.2) is 36.4 Å². The number of primary amides is 1. The summed E-state index contributed by atoms with van der Waals surface area (Å²) in [5.74, 6) is 0.954. The van der Waals surface area contributed by atoms with Gasteiger partial charge in [-0.05, 0) is 30.3 Å². The van der Waals surface area contributed by atoms with Gasteiger partial charge in [-0.25, -0.2) is 9.78 Å². The van der Waals surface area contributed by atoms with Crippen LogP contribution in [0.5, 0.6) is 5.75 Å². The minimum atomic E-state index is -0.874. The fourth-order valence-corrected chi connectivity index (χ4v) is 2.32. The SMILES string of the molecule is NC(=O)Oc1cccc2[nH]c(-c3ccc4[nH]nnc4c3)nc12. The highest BCUT2D eigenvalue weighted by Crippen LogP contribution is 2.28. The summed E-state index contributed by atoms with van der Waals surface area (Å²) in [5, 5.41) is 10.5. The zero-order valence-corrected chi connectivity index (χ0v) is 11.2. The number of carbonyl (C=O) groups excluding carboxylic acids is 1. The van der Waals surface area contributed by atoms with Crippen molar-refractivity contribution in [3.63, 3.8) is 0 Å². The summed E-state index contributed by atoms with van der Waals surface area (Å²) in [4.78, 5) is 18.6. The second-order valence-electron chi connectivity index (χ2n) is 4.70. The first-order valence-electron chi connectivity index (χ1n) is 6.48. The second-order valence-corrected chi connectivity index (χ2v) is 4.70. The lowest BCUT2D eigenvalue weighted by molar-refractivity contribution is 0.211. The van der Waals surface area contributed by atoms with E-state index in [9.17, 15) is 4.79 Å². The molecule has 0 aliphatic carbocycles. The number of H-pyrrole nitrogens is 2. The zero-order valence-electron chi connectivity index (χ0n) is 11.2. The molecule has 8 heteroatoms.